The van der Waals surface area contributed by atoms with Gasteiger partial charge in [0.05, 0.1) is 0 Å². The number of benzene rings is 1. The second-order valence-corrected chi connectivity index (χ2v) is 6.02. The van der Waals surface area contributed by atoms with E-state index in [0.717, 1.165) is 19.5 Å². The molecule has 0 aliphatic rings. The Morgan fingerprint density at radius 1 is 1.00 bits per heavy atom. The molecule has 0 saturated carbocycles. The molecule has 2 heteroatoms. The van der Waals surface area contributed by atoms with Crippen LogP contribution in [0, 0.1) is 0 Å². The third kappa shape index (κ3) is 3.92. The molecule has 0 aliphatic carbocycles. The lowest BCUT2D eigenvalue weighted by Crippen LogP contribution is -2.12. The van der Waals surface area contributed by atoms with E-state index in [2.05, 4.69) is 55.6 Å². The van der Waals surface area contributed by atoms with Crippen molar-refractivity contribution >= 4 is 11.3 Å². The topological polar surface area (TPSA) is 12.0 Å². The first-order valence-corrected chi connectivity index (χ1v) is 8.04. The summed E-state index contributed by atoms with van der Waals surface area (Å²) in [7, 11) is 0. The van der Waals surface area contributed by atoms with Gasteiger partial charge in [-0.15, -0.1) is 11.3 Å². The molecule has 0 aliphatic heterocycles. The highest BCUT2D eigenvalue weighted by atomic mass is 32.1. The number of hydrogen-bond acceptors (Lipinski definition) is 2. The van der Waals surface area contributed by atoms with Gasteiger partial charge in [0.2, 0.25) is 0 Å². The van der Waals surface area contributed by atoms with Crippen LogP contribution in [0.4, 0.5) is 0 Å². The molecule has 1 heterocycles. The SMILES string of the molecule is CCCNCc1ccc(-c2ccccc2CCC)s1. The average Bonchev–Trinajstić information content (AvgIpc) is 2.89. The maximum atomic E-state index is 3.47. The van der Waals surface area contributed by atoms with E-state index in [9.17, 15) is 0 Å². The Morgan fingerprint density at radius 3 is 2.63 bits per heavy atom. The van der Waals surface area contributed by atoms with Crippen LogP contribution in [-0.2, 0) is 13.0 Å². The van der Waals surface area contributed by atoms with Crippen LogP contribution in [0.25, 0.3) is 10.4 Å². The third-order valence-electron chi connectivity index (χ3n) is 3.19. The predicted octanol–water partition coefficient (Wildman–Crippen LogP) is 4.87. The number of aryl methyl sites for hydroxylation is 1. The normalized spacial score (nSPS) is 10.8. The quantitative estimate of drug-likeness (QED) is 0.710. The lowest BCUT2D eigenvalue weighted by molar-refractivity contribution is 0.681. The maximum Gasteiger partial charge on any atom is 0.0348 e. The largest absolute Gasteiger partial charge is 0.312 e. The minimum atomic E-state index is 0.994. The van der Waals surface area contributed by atoms with Gasteiger partial charge >= 0.3 is 0 Å². The van der Waals surface area contributed by atoms with Gasteiger partial charge in [-0.2, -0.15) is 0 Å². The third-order valence-corrected chi connectivity index (χ3v) is 4.31. The molecular formula is C17H23NS. The monoisotopic (exact) mass is 273 g/mol. The molecule has 0 radical (unpaired) electrons. The van der Waals surface area contributed by atoms with Crippen LogP contribution in [0.2, 0.25) is 0 Å². The number of hydrogen-bond donors (Lipinski definition) is 1. The molecule has 0 spiro atoms. The summed E-state index contributed by atoms with van der Waals surface area (Å²) in [6.07, 6.45) is 3.56. The molecule has 0 atom stereocenters. The summed E-state index contributed by atoms with van der Waals surface area (Å²) in [5.41, 5.74) is 2.89. The molecule has 0 bridgehead atoms. The van der Waals surface area contributed by atoms with E-state index in [0.29, 0.717) is 0 Å². The van der Waals surface area contributed by atoms with Gasteiger partial charge in [-0.1, -0.05) is 44.5 Å². The van der Waals surface area contributed by atoms with Crippen molar-refractivity contribution in [3.05, 3.63) is 46.8 Å². The van der Waals surface area contributed by atoms with Crippen LogP contribution in [-0.4, -0.2) is 6.54 Å². The van der Waals surface area contributed by atoms with Crippen molar-refractivity contribution in [3.8, 4) is 10.4 Å². The van der Waals surface area contributed by atoms with Gasteiger partial charge in [0.25, 0.3) is 0 Å². The second kappa shape index (κ2) is 7.46. The van der Waals surface area contributed by atoms with Crippen LogP contribution in [0.15, 0.2) is 36.4 Å². The van der Waals surface area contributed by atoms with Crippen molar-refractivity contribution in [1.82, 2.24) is 5.32 Å². The molecule has 1 nitrogen and oxygen atoms in total. The first kappa shape index (κ1) is 14.3. The van der Waals surface area contributed by atoms with Crippen molar-refractivity contribution in [2.75, 3.05) is 6.54 Å². The van der Waals surface area contributed by atoms with Crippen molar-refractivity contribution in [2.45, 2.75) is 39.7 Å². The van der Waals surface area contributed by atoms with Gasteiger partial charge in [0.1, 0.15) is 0 Å². The predicted molar refractivity (Wildman–Crippen MR) is 85.7 cm³/mol. The zero-order valence-electron chi connectivity index (χ0n) is 11.9. The van der Waals surface area contributed by atoms with Crippen LogP contribution >= 0.6 is 11.3 Å². The van der Waals surface area contributed by atoms with Crippen LogP contribution in [0.5, 0.6) is 0 Å². The molecule has 2 rings (SSSR count). The average molecular weight is 273 g/mol. The first-order valence-electron chi connectivity index (χ1n) is 7.22. The summed E-state index contributed by atoms with van der Waals surface area (Å²) in [6.45, 7) is 6.53. The van der Waals surface area contributed by atoms with Crippen molar-refractivity contribution < 1.29 is 0 Å². The van der Waals surface area contributed by atoms with Crippen molar-refractivity contribution in [1.29, 1.82) is 0 Å². The fraction of sp³-hybridized carbons (Fsp3) is 0.412. The van der Waals surface area contributed by atoms with E-state index in [1.54, 1.807) is 0 Å². The van der Waals surface area contributed by atoms with Gasteiger partial charge in [-0.3, -0.25) is 0 Å². The molecule has 0 fully saturated rings. The minimum absolute atomic E-state index is 0.994. The summed E-state index contributed by atoms with van der Waals surface area (Å²) in [5, 5.41) is 3.47. The molecule has 0 amide bonds. The maximum absolute atomic E-state index is 3.47. The van der Waals surface area contributed by atoms with Gasteiger partial charge < -0.3 is 5.32 Å². The van der Waals surface area contributed by atoms with Crippen LogP contribution < -0.4 is 5.32 Å². The summed E-state index contributed by atoms with van der Waals surface area (Å²) in [6, 6.07) is 13.3. The first-order chi connectivity index (χ1) is 9.35. The summed E-state index contributed by atoms with van der Waals surface area (Å²) >= 11 is 1.91. The van der Waals surface area contributed by atoms with Gasteiger partial charge in [0, 0.05) is 16.3 Å². The van der Waals surface area contributed by atoms with E-state index in [4.69, 9.17) is 0 Å². The molecule has 0 unspecified atom stereocenters. The Kier molecular flexibility index (Phi) is 5.62. The van der Waals surface area contributed by atoms with Crippen LogP contribution in [0.1, 0.15) is 37.1 Å². The van der Waals surface area contributed by atoms with Gasteiger partial charge in [-0.05, 0) is 42.6 Å². The van der Waals surface area contributed by atoms with Gasteiger partial charge in [0.15, 0.2) is 0 Å². The highest BCUT2D eigenvalue weighted by Crippen LogP contribution is 2.31. The zero-order valence-corrected chi connectivity index (χ0v) is 12.7. The zero-order chi connectivity index (χ0) is 13.5. The molecular weight excluding hydrogens is 250 g/mol. The molecule has 1 aromatic heterocycles. The highest BCUT2D eigenvalue weighted by Gasteiger charge is 2.06. The lowest BCUT2D eigenvalue weighted by atomic mass is 10.0. The molecule has 19 heavy (non-hydrogen) atoms. The lowest BCUT2D eigenvalue weighted by Gasteiger charge is -2.06. The summed E-state index contributed by atoms with van der Waals surface area (Å²) in [5.74, 6) is 0. The number of rotatable bonds is 7. The Labute approximate surface area is 120 Å². The Hall–Kier alpha value is -1.12. The van der Waals surface area contributed by atoms with E-state index >= 15 is 0 Å². The van der Waals surface area contributed by atoms with E-state index in [1.807, 2.05) is 11.3 Å². The molecule has 0 saturated heterocycles. The fourth-order valence-electron chi connectivity index (χ4n) is 2.25. The molecule has 1 N–H and O–H groups in total. The number of thiophene rings is 1. The standard InChI is InChI=1S/C17H23NS/c1-3-7-14-8-5-6-9-16(14)17-11-10-15(19-17)13-18-12-4-2/h5-6,8-11,18H,3-4,7,12-13H2,1-2H3. The van der Waals surface area contributed by atoms with E-state index in [1.165, 1.54) is 33.7 Å². The molecule has 2 aromatic rings. The number of nitrogens with one attached hydrogen (secondary N) is 1. The minimum Gasteiger partial charge on any atom is -0.312 e. The Balaban J connectivity index is 2.13. The van der Waals surface area contributed by atoms with Crippen LogP contribution in [0.3, 0.4) is 0 Å². The summed E-state index contributed by atoms with van der Waals surface area (Å²) < 4.78 is 0. The van der Waals surface area contributed by atoms with Crippen molar-refractivity contribution in [2.24, 2.45) is 0 Å². The molecule has 102 valence electrons. The van der Waals surface area contributed by atoms with Crippen molar-refractivity contribution in [3.63, 3.8) is 0 Å². The molecule has 1 aromatic carbocycles. The van der Waals surface area contributed by atoms with Gasteiger partial charge in [-0.25, -0.2) is 0 Å². The second-order valence-electron chi connectivity index (χ2n) is 4.85. The van der Waals surface area contributed by atoms with E-state index < -0.39 is 0 Å². The Bertz CT molecular complexity index is 501. The van der Waals surface area contributed by atoms with E-state index in [-0.39, 0.29) is 0 Å². The smallest absolute Gasteiger partial charge is 0.0348 e. The fourth-order valence-corrected chi connectivity index (χ4v) is 3.29. The Morgan fingerprint density at radius 2 is 1.84 bits per heavy atom. The highest BCUT2D eigenvalue weighted by molar-refractivity contribution is 7.15. The summed E-state index contributed by atoms with van der Waals surface area (Å²) in [4.78, 5) is 2.83.